The third kappa shape index (κ3) is 2.61. The van der Waals surface area contributed by atoms with Crippen molar-refractivity contribution in [1.29, 1.82) is 0 Å². The predicted octanol–water partition coefficient (Wildman–Crippen LogP) is 4.61. The maximum Gasteiger partial charge on any atom is 0.140 e. The van der Waals surface area contributed by atoms with Gasteiger partial charge in [-0.2, -0.15) is 0 Å². The average molecular weight is 274 g/mol. The van der Waals surface area contributed by atoms with Crippen molar-refractivity contribution in [3.63, 3.8) is 0 Å². The molecule has 0 N–H and O–H groups in total. The van der Waals surface area contributed by atoms with Crippen LogP contribution in [0.3, 0.4) is 0 Å². The summed E-state index contributed by atoms with van der Waals surface area (Å²) in [6.45, 7) is 6.09. The van der Waals surface area contributed by atoms with Gasteiger partial charge in [0.15, 0.2) is 0 Å². The van der Waals surface area contributed by atoms with Crippen LogP contribution in [0.15, 0.2) is 18.2 Å². The second-order valence-corrected chi connectivity index (χ2v) is 6.31. The third-order valence-corrected chi connectivity index (χ3v) is 4.79. The van der Waals surface area contributed by atoms with Crippen molar-refractivity contribution >= 4 is 5.78 Å². The van der Waals surface area contributed by atoms with Gasteiger partial charge in [0.1, 0.15) is 11.5 Å². The number of ketones is 1. The first-order chi connectivity index (χ1) is 9.51. The van der Waals surface area contributed by atoms with E-state index in [2.05, 4.69) is 26.0 Å². The first kappa shape index (κ1) is 15.1. The van der Waals surface area contributed by atoms with Crippen LogP contribution in [-0.4, -0.2) is 12.9 Å². The Hall–Kier alpha value is -1.31. The van der Waals surface area contributed by atoms with E-state index >= 15 is 0 Å². The van der Waals surface area contributed by atoms with Crippen LogP contribution in [0.5, 0.6) is 5.75 Å². The zero-order valence-corrected chi connectivity index (χ0v) is 13.2. The van der Waals surface area contributed by atoms with Crippen molar-refractivity contribution in [2.24, 2.45) is 0 Å². The number of methoxy groups -OCH3 is 1. The molecule has 1 aromatic carbocycles. The zero-order valence-electron chi connectivity index (χ0n) is 13.2. The molecule has 0 radical (unpaired) electrons. The number of benzene rings is 1. The van der Waals surface area contributed by atoms with E-state index in [0.717, 1.165) is 31.4 Å². The van der Waals surface area contributed by atoms with Crippen molar-refractivity contribution in [3.8, 4) is 5.75 Å². The van der Waals surface area contributed by atoms with Gasteiger partial charge in [-0.25, -0.2) is 0 Å². The largest absolute Gasteiger partial charge is 0.496 e. The molecule has 2 rings (SSSR count). The molecule has 0 heterocycles. The van der Waals surface area contributed by atoms with E-state index < -0.39 is 0 Å². The van der Waals surface area contributed by atoms with E-state index in [1.807, 2.05) is 6.07 Å². The van der Waals surface area contributed by atoms with Gasteiger partial charge >= 0.3 is 0 Å². The maximum absolute atomic E-state index is 12.3. The molecule has 0 aromatic heterocycles. The Labute approximate surface area is 122 Å². The van der Waals surface area contributed by atoms with Crippen molar-refractivity contribution in [2.45, 2.75) is 64.2 Å². The number of ether oxygens (including phenoxy) is 1. The van der Waals surface area contributed by atoms with Crippen LogP contribution >= 0.6 is 0 Å². The number of hydrogen-bond donors (Lipinski definition) is 0. The molecule has 110 valence electrons. The maximum atomic E-state index is 12.3. The summed E-state index contributed by atoms with van der Waals surface area (Å²) in [5, 5.41) is 0. The van der Waals surface area contributed by atoms with Crippen molar-refractivity contribution in [1.82, 2.24) is 0 Å². The Kier molecular flexibility index (Phi) is 4.52. The van der Waals surface area contributed by atoms with Crippen LogP contribution in [0, 0.1) is 0 Å². The van der Waals surface area contributed by atoms with Crippen LogP contribution in [0.4, 0.5) is 0 Å². The van der Waals surface area contributed by atoms with Crippen LogP contribution in [-0.2, 0) is 10.2 Å². The van der Waals surface area contributed by atoms with Crippen molar-refractivity contribution in [3.05, 3.63) is 29.3 Å². The topological polar surface area (TPSA) is 26.3 Å². The molecule has 0 spiro atoms. The highest BCUT2D eigenvalue weighted by Gasteiger charge is 2.38. The average Bonchev–Trinajstić information content (AvgIpc) is 2.47. The van der Waals surface area contributed by atoms with Gasteiger partial charge in [0.05, 0.1) is 12.5 Å². The summed E-state index contributed by atoms with van der Waals surface area (Å²) in [6, 6.07) is 6.33. The smallest absolute Gasteiger partial charge is 0.140 e. The molecule has 20 heavy (non-hydrogen) atoms. The van der Waals surface area contributed by atoms with Gasteiger partial charge in [0.25, 0.3) is 0 Å². The van der Waals surface area contributed by atoms with Gasteiger partial charge in [0, 0.05) is 0 Å². The fraction of sp³-hybridized carbons (Fsp3) is 0.611. The predicted molar refractivity (Wildman–Crippen MR) is 82.5 cm³/mol. The Morgan fingerprint density at radius 2 is 1.85 bits per heavy atom. The van der Waals surface area contributed by atoms with Gasteiger partial charge < -0.3 is 4.74 Å². The van der Waals surface area contributed by atoms with E-state index in [0.29, 0.717) is 11.7 Å². The lowest BCUT2D eigenvalue weighted by atomic mass is 9.66. The minimum Gasteiger partial charge on any atom is -0.496 e. The van der Waals surface area contributed by atoms with Crippen LogP contribution in [0.25, 0.3) is 0 Å². The minimum atomic E-state index is -0.256. The molecule has 1 aliphatic rings. The monoisotopic (exact) mass is 274 g/mol. The molecular weight excluding hydrogens is 248 g/mol. The Balaban J connectivity index is 2.49. The lowest BCUT2D eigenvalue weighted by molar-refractivity contribution is -0.123. The van der Waals surface area contributed by atoms with Gasteiger partial charge in [-0.05, 0) is 42.9 Å². The highest BCUT2D eigenvalue weighted by molar-refractivity contribution is 5.88. The molecule has 2 nitrogen and oxygen atoms in total. The third-order valence-electron chi connectivity index (χ3n) is 4.79. The molecule has 2 heteroatoms. The number of carbonyl (C=O) groups excluding carboxylic acids is 1. The molecule has 1 fully saturated rings. The summed E-state index contributed by atoms with van der Waals surface area (Å²) in [6.07, 6.45) is 5.55. The first-order valence-corrected chi connectivity index (χ1v) is 7.71. The molecule has 1 saturated carbocycles. The first-order valence-electron chi connectivity index (χ1n) is 7.71. The normalized spacial score (nSPS) is 18.1. The van der Waals surface area contributed by atoms with Gasteiger partial charge in [-0.15, -0.1) is 0 Å². The number of carbonyl (C=O) groups is 1. The Morgan fingerprint density at radius 3 is 2.35 bits per heavy atom. The number of hydrogen-bond acceptors (Lipinski definition) is 2. The standard InChI is InChI=1S/C18H26O2/c1-13(2)16-12-15(8-9-17(16)20-4)18(14(3)19)10-6-5-7-11-18/h8-9,12-13H,5-7,10-11H2,1-4H3. The molecule has 1 aliphatic carbocycles. The Bertz CT molecular complexity index is 482. The van der Waals surface area contributed by atoms with Crippen molar-refractivity contribution in [2.75, 3.05) is 7.11 Å². The molecule has 0 aliphatic heterocycles. The fourth-order valence-corrected chi connectivity index (χ4v) is 3.48. The minimum absolute atomic E-state index is 0.256. The van der Waals surface area contributed by atoms with Gasteiger partial charge in [-0.1, -0.05) is 45.2 Å². The SMILES string of the molecule is COc1ccc(C2(C(C)=O)CCCCC2)cc1C(C)C. The molecule has 0 unspecified atom stereocenters. The summed E-state index contributed by atoms with van der Waals surface area (Å²) >= 11 is 0. The molecule has 0 atom stereocenters. The van der Waals surface area contributed by atoms with E-state index in [-0.39, 0.29) is 5.41 Å². The van der Waals surface area contributed by atoms with Crippen LogP contribution in [0.1, 0.15) is 69.9 Å². The molecule has 0 saturated heterocycles. The van der Waals surface area contributed by atoms with Crippen LogP contribution < -0.4 is 4.74 Å². The second-order valence-electron chi connectivity index (χ2n) is 6.31. The van der Waals surface area contributed by atoms with E-state index in [4.69, 9.17) is 4.74 Å². The van der Waals surface area contributed by atoms with E-state index in [9.17, 15) is 4.79 Å². The van der Waals surface area contributed by atoms with E-state index in [1.165, 1.54) is 17.5 Å². The highest BCUT2D eigenvalue weighted by Crippen LogP contribution is 2.42. The summed E-state index contributed by atoms with van der Waals surface area (Å²) in [7, 11) is 1.71. The molecule has 1 aromatic rings. The summed E-state index contributed by atoms with van der Waals surface area (Å²) < 4.78 is 5.46. The lowest BCUT2D eigenvalue weighted by Crippen LogP contribution is -2.36. The number of rotatable bonds is 4. The van der Waals surface area contributed by atoms with Crippen LogP contribution in [0.2, 0.25) is 0 Å². The number of Topliss-reactive ketones (excluding diaryl/α,β-unsaturated/α-hetero) is 1. The highest BCUT2D eigenvalue weighted by atomic mass is 16.5. The molecular formula is C18H26O2. The molecule has 0 bridgehead atoms. The second kappa shape index (κ2) is 5.99. The quantitative estimate of drug-likeness (QED) is 0.801. The summed E-state index contributed by atoms with van der Waals surface area (Å²) in [5.41, 5.74) is 2.14. The molecule has 0 amide bonds. The Morgan fingerprint density at radius 1 is 1.20 bits per heavy atom. The van der Waals surface area contributed by atoms with Gasteiger partial charge in [0.2, 0.25) is 0 Å². The zero-order chi connectivity index (χ0) is 14.8. The summed E-state index contributed by atoms with van der Waals surface area (Å²) in [5.74, 6) is 1.65. The van der Waals surface area contributed by atoms with E-state index in [1.54, 1.807) is 14.0 Å². The lowest BCUT2D eigenvalue weighted by Gasteiger charge is -2.36. The summed E-state index contributed by atoms with van der Waals surface area (Å²) in [4.78, 5) is 12.3. The fourth-order valence-electron chi connectivity index (χ4n) is 3.48. The van der Waals surface area contributed by atoms with Crippen molar-refractivity contribution < 1.29 is 9.53 Å². The van der Waals surface area contributed by atoms with Gasteiger partial charge in [-0.3, -0.25) is 4.79 Å².